The van der Waals surface area contributed by atoms with E-state index < -0.39 is 0 Å². The van der Waals surface area contributed by atoms with E-state index in [1.807, 2.05) is 0 Å². The summed E-state index contributed by atoms with van der Waals surface area (Å²) in [4.78, 5) is 0. The third kappa shape index (κ3) is 4.05. The minimum Gasteiger partial charge on any atom is -0.393 e. The zero-order valence-electron chi connectivity index (χ0n) is 21.4. The molecule has 0 aliphatic heterocycles. The molecule has 0 saturated heterocycles. The van der Waals surface area contributed by atoms with Gasteiger partial charge in [0.05, 0.1) is 12.2 Å². The van der Waals surface area contributed by atoms with E-state index in [4.69, 9.17) is 0 Å². The molecule has 2 N–H and O–H groups in total. The lowest BCUT2D eigenvalue weighted by atomic mass is 9.43. The quantitative estimate of drug-likeness (QED) is 0.471. The molecule has 4 fully saturated rings. The van der Waals surface area contributed by atoms with Crippen molar-refractivity contribution in [2.75, 3.05) is 0 Å². The average Bonchev–Trinajstić information content (AvgIpc) is 3.07. The van der Waals surface area contributed by atoms with Crippen molar-refractivity contribution in [1.82, 2.24) is 0 Å². The molecule has 2 heteroatoms. The number of aliphatic hydroxyl groups excluding tert-OH is 2. The molecule has 0 heterocycles. The van der Waals surface area contributed by atoms with E-state index in [1.54, 1.807) is 0 Å². The monoisotopic (exact) mass is 432 g/mol. The topological polar surface area (TPSA) is 40.5 Å². The van der Waals surface area contributed by atoms with Crippen LogP contribution in [0, 0.1) is 58.2 Å². The summed E-state index contributed by atoms with van der Waals surface area (Å²) in [7, 11) is 0. The zero-order valence-corrected chi connectivity index (χ0v) is 21.4. The van der Waals surface area contributed by atoms with Gasteiger partial charge in [-0.25, -0.2) is 0 Å². The summed E-state index contributed by atoms with van der Waals surface area (Å²) < 4.78 is 0. The summed E-state index contributed by atoms with van der Waals surface area (Å²) in [6.45, 7) is 14.9. The van der Waals surface area contributed by atoms with Gasteiger partial charge in [-0.3, -0.25) is 0 Å². The van der Waals surface area contributed by atoms with Crippen molar-refractivity contribution >= 4 is 0 Å². The summed E-state index contributed by atoms with van der Waals surface area (Å²) in [5.41, 5.74) is 0.732. The van der Waals surface area contributed by atoms with Crippen LogP contribution in [-0.2, 0) is 0 Å². The van der Waals surface area contributed by atoms with Crippen LogP contribution in [0.2, 0.25) is 0 Å². The Morgan fingerprint density at radius 2 is 1.48 bits per heavy atom. The predicted octanol–water partition coefficient (Wildman–Crippen LogP) is 7.08. The van der Waals surface area contributed by atoms with Crippen molar-refractivity contribution in [3.8, 4) is 0 Å². The van der Waals surface area contributed by atoms with Crippen LogP contribution in [0.25, 0.3) is 0 Å². The zero-order chi connectivity index (χ0) is 22.6. The molecule has 180 valence electrons. The Morgan fingerprint density at radius 1 is 0.806 bits per heavy atom. The van der Waals surface area contributed by atoms with E-state index in [0.29, 0.717) is 17.3 Å². The van der Waals surface area contributed by atoms with Gasteiger partial charge in [-0.05, 0) is 116 Å². The summed E-state index contributed by atoms with van der Waals surface area (Å²) >= 11 is 0. The fourth-order valence-electron chi connectivity index (χ4n) is 9.94. The molecular weight excluding hydrogens is 380 g/mol. The van der Waals surface area contributed by atoms with Crippen molar-refractivity contribution in [1.29, 1.82) is 0 Å². The van der Waals surface area contributed by atoms with Crippen LogP contribution in [0.4, 0.5) is 0 Å². The van der Waals surface area contributed by atoms with E-state index in [1.165, 1.54) is 44.9 Å². The first-order valence-corrected chi connectivity index (χ1v) is 14.0. The van der Waals surface area contributed by atoms with Crippen LogP contribution < -0.4 is 0 Å². The second-order valence-corrected chi connectivity index (χ2v) is 13.4. The van der Waals surface area contributed by atoms with Gasteiger partial charge >= 0.3 is 0 Å². The lowest BCUT2D eigenvalue weighted by Crippen LogP contribution is -2.58. The Morgan fingerprint density at radius 3 is 2.16 bits per heavy atom. The maximum Gasteiger partial charge on any atom is 0.0577 e. The molecule has 0 aromatic carbocycles. The summed E-state index contributed by atoms with van der Waals surface area (Å²) in [6, 6.07) is 0. The molecule has 0 aromatic heterocycles. The molecule has 4 aliphatic carbocycles. The molecule has 11 atom stereocenters. The maximum absolute atomic E-state index is 11.2. The first-order chi connectivity index (χ1) is 14.6. The highest BCUT2D eigenvalue weighted by Gasteiger charge is 2.62. The van der Waals surface area contributed by atoms with Crippen molar-refractivity contribution in [2.45, 2.75) is 124 Å². The largest absolute Gasteiger partial charge is 0.393 e. The molecule has 2 nitrogen and oxygen atoms in total. The Bertz CT molecular complexity index is 616. The molecule has 0 aromatic rings. The Kier molecular flexibility index (Phi) is 6.93. The van der Waals surface area contributed by atoms with Crippen molar-refractivity contribution in [3.63, 3.8) is 0 Å². The number of rotatable bonds is 6. The molecule has 4 aliphatic rings. The minimum absolute atomic E-state index is 0.187. The van der Waals surface area contributed by atoms with Crippen molar-refractivity contribution < 1.29 is 10.2 Å². The highest BCUT2D eigenvalue weighted by Crippen LogP contribution is 2.68. The highest BCUT2D eigenvalue weighted by molar-refractivity contribution is 5.11. The van der Waals surface area contributed by atoms with Crippen LogP contribution in [0.5, 0.6) is 0 Å². The van der Waals surface area contributed by atoms with Crippen LogP contribution in [0.3, 0.4) is 0 Å². The van der Waals surface area contributed by atoms with Crippen LogP contribution in [0.15, 0.2) is 0 Å². The Balaban J connectivity index is 1.48. The van der Waals surface area contributed by atoms with Gasteiger partial charge in [-0.2, -0.15) is 0 Å². The van der Waals surface area contributed by atoms with E-state index in [2.05, 4.69) is 41.5 Å². The van der Waals surface area contributed by atoms with Crippen LogP contribution in [0.1, 0.15) is 112 Å². The van der Waals surface area contributed by atoms with Gasteiger partial charge < -0.3 is 10.2 Å². The molecule has 31 heavy (non-hydrogen) atoms. The SMILES string of the molecule is CC[C@H](CC[C@@H](C)[C@H]1CC[C@H]2[C@@H]3C[C@@H](O)[C@H]4C[C@@H](O)CC[C@]4(C)[C@H]3CC[C@]12C)C(C)C. The number of aliphatic hydroxyl groups is 2. The standard InChI is InChI=1S/C29H52O2/c1-7-20(18(2)3)9-8-19(4)23-10-11-24-22-17-27(31)26-16-21(30)12-14-29(26,6)25(22)13-15-28(23,24)5/h18-27,30-31H,7-17H2,1-6H3/t19-,20-,21+,22+,23-,24+,25+,26-,27-,28-,29-/m1/s1. The predicted molar refractivity (Wildman–Crippen MR) is 130 cm³/mol. The van der Waals surface area contributed by atoms with Gasteiger partial charge in [0.1, 0.15) is 0 Å². The fourth-order valence-corrected chi connectivity index (χ4v) is 9.94. The first-order valence-electron chi connectivity index (χ1n) is 14.0. The minimum atomic E-state index is -0.198. The van der Waals surface area contributed by atoms with E-state index in [-0.39, 0.29) is 17.6 Å². The molecule has 0 unspecified atom stereocenters. The van der Waals surface area contributed by atoms with Crippen molar-refractivity contribution in [2.24, 2.45) is 58.2 Å². The second kappa shape index (κ2) is 8.94. The van der Waals surface area contributed by atoms with Crippen molar-refractivity contribution in [3.05, 3.63) is 0 Å². The molecule has 0 amide bonds. The summed E-state index contributed by atoms with van der Waals surface area (Å²) in [5, 5.41) is 21.5. The summed E-state index contributed by atoms with van der Waals surface area (Å²) in [6.07, 6.45) is 13.2. The molecule has 4 rings (SSSR count). The number of fused-ring (bicyclic) bond motifs is 5. The van der Waals surface area contributed by atoms with Gasteiger partial charge in [0, 0.05) is 0 Å². The van der Waals surface area contributed by atoms with Crippen LogP contribution in [-0.4, -0.2) is 22.4 Å². The van der Waals surface area contributed by atoms with Crippen LogP contribution >= 0.6 is 0 Å². The lowest BCUT2D eigenvalue weighted by molar-refractivity contribution is -0.172. The molecule has 0 spiro atoms. The van der Waals surface area contributed by atoms with E-state index in [0.717, 1.165) is 61.2 Å². The fraction of sp³-hybridized carbons (Fsp3) is 1.00. The molecular formula is C29H52O2. The van der Waals surface area contributed by atoms with Gasteiger partial charge in [-0.15, -0.1) is 0 Å². The number of hydrogen-bond acceptors (Lipinski definition) is 2. The summed E-state index contributed by atoms with van der Waals surface area (Å²) in [5.74, 6) is 6.01. The maximum atomic E-state index is 11.2. The van der Waals surface area contributed by atoms with Gasteiger partial charge in [0.2, 0.25) is 0 Å². The highest BCUT2D eigenvalue weighted by atomic mass is 16.3. The molecule has 0 bridgehead atoms. The normalized spacial score (nSPS) is 49.3. The third-order valence-electron chi connectivity index (χ3n) is 11.9. The van der Waals surface area contributed by atoms with Gasteiger partial charge in [0.25, 0.3) is 0 Å². The smallest absolute Gasteiger partial charge is 0.0577 e. The van der Waals surface area contributed by atoms with Gasteiger partial charge in [-0.1, -0.05) is 54.4 Å². The second-order valence-electron chi connectivity index (χ2n) is 13.4. The Hall–Kier alpha value is -0.0800. The van der Waals surface area contributed by atoms with Gasteiger partial charge in [0.15, 0.2) is 0 Å². The van der Waals surface area contributed by atoms with E-state index >= 15 is 0 Å². The third-order valence-corrected chi connectivity index (χ3v) is 11.9. The van der Waals surface area contributed by atoms with E-state index in [9.17, 15) is 10.2 Å². The average molecular weight is 433 g/mol. The first kappa shape index (κ1) is 24.1. The molecule has 4 saturated carbocycles. The number of hydrogen-bond donors (Lipinski definition) is 2. The Labute approximate surface area is 193 Å². The molecule has 0 radical (unpaired) electrons. The lowest BCUT2D eigenvalue weighted by Gasteiger charge is -2.62.